The third kappa shape index (κ3) is 3.87. The number of ether oxygens (including phenoxy) is 2. The monoisotopic (exact) mass is 253 g/mol. The fourth-order valence-electron chi connectivity index (χ4n) is 1.16. The lowest BCUT2D eigenvalue weighted by molar-refractivity contribution is -0.135. The zero-order valence-corrected chi connectivity index (χ0v) is 9.39. The molecule has 94 valence electrons. The molecule has 0 N–H and O–H groups in total. The summed E-state index contributed by atoms with van der Waals surface area (Å²) >= 11 is 0. The van der Waals surface area contributed by atoms with E-state index in [2.05, 4.69) is 9.47 Å². The molecule has 0 aliphatic carbocycles. The number of hydrogen-bond acceptors (Lipinski definition) is 4. The van der Waals surface area contributed by atoms with Crippen molar-refractivity contribution in [3.8, 4) is 11.8 Å². The van der Waals surface area contributed by atoms with Crippen molar-refractivity contribution in [3.63, 3.8) is 0 Å². The molecule has 1 aromatic rings. The van der Waals surface area contributed by atoms with Crippen molar-refractivity contribution in [1.82, 2.24) is 0 Å². The van der Waals surface area contributed by atoms with E-state index in [1.54, 1.807) is 6.07 Å². The molecule has 1 rings (SSSR count). The standard InChI is InChI=1S/C12H9F2NO3/c1-17-11(16)9(7-15)6-8-2-4-10(5-3-8)18-12(13)14/h2-6,12H,1H3. The number of nitriles is 1. The van der Waals surface area contributed by atoms with Crippen LogP contribution in [0.2, 0.25) is 0 Å². The van der Waals surface area contributed by atoms with Crippen LogP contribution in [-0.4, -0.2) is 19.7 Å². The molecule has 0 aliphatic rings. The van der Waals surface area contributed by atoms with Crippen LogP contribution >= 0.6 is 0 Å². The minimum Gasteiger partial charge on any atom is -0.465 e. The Morgan fingerprint density at radius 2 is 2.00 bits per heavy atom. The van der Waals surface area contributed by atoms with Gasteiger partial charge >= 0.3 is 12.6 Å². The zero-order valence-electron chi connectivity index (χ0n) is 9.39. The molecule has 0 amide bonds. The fraction of sp³-hybridized carbons (Fsp3) is 0.167. The molecule has 0 heterocycles. The Hall–Kier alpha value is -2.42. The predicted molar refractivity (Wildman–Crippen MR) is 58.7 cm³/mol. The predicted octanol–water partition coefficient (Wildman–Crippen LogP) is 2.37. The molecule has 0 fully saturated rings. The van der Waals surface area contributed by atoms with E-state index >= 15 is 0 Å². The second kappa shape index (κ2) is 6.35. The van der Waals surface area contributed by atoms with E-state index in [0.29, 0.717) is 5.56 Å². The number of alkyl halides is 2. The maximum Gasteiger partial charge on any atom is 0.387 e. The molecule has 0 unspecified atom stereocenters. The quantitative estimate of drug-likeness (QED) is 0.469. The highest BCUT2D eigenvalue weighted by atomic mass is 19.3. The van der Waals surface area contributed by atoms with Gasteiger partial charge in [-0.3, -0.25) is 0 Å². The summed E-state index contributed by atoms with van der Waals surface area (Å²) < 4.78 is 32.4. The van der Waals surface area contributed by atoms with Gasteiger partial charge in [-0.25, -0.2) is 4.79 Å². The Balaban J connectivity index is 2.89. The number of halogens is 2. The summed E-state index contributed by atoms with van der Waals surface area (Å²) in [7, 11) is 1.16. The van der Waals surface area contributed by atoms with Crippen molar-refractivity contribution < 1.29 is 23.0 Å². The van der Waals surface area contributed by atoms with Crippen molar-refractivity contribution in [2.45, 2.75) is 6.61 Å². The van der Waals surface area contributed by atoms with E-state index in [-0.39, 0.29) is 11.3 Å². The number of carbonyl (C=O) groups excluding carboxylic acids is 1. The summed E-state index contributed by atoms with van der Waals surface area (Å²) in [5, 5.41) is 8.72. The molecular weight excluding hydrogens is 244 g/mol. The number of esters is 1. The van der Waals surface area contributed by atoms with Gasteiger partial charge in [-0.1, -0.05) is 12.1 Å². The van der Waals surface area contributed by atoms with Gasteiger partial charge < -0.3 is 9.47 Å². The Kier molecular flexibility index (Phi) is 4.81. The van der Waals surface area contributed by atoms with Crippen molar-refractivity contribution in [3.05, 3.63) is 35.4 Å². The minimum absolute atomic E-state index is 0.00118. The first-order valence-corrected chi connectivity index (χ1v) is 4.82. The van der Waals surface area contributed by atoms with Gasteiger partial charge in [-0.05, 0) is 23.8 Å². The molecule has 1 aromatic carbocycles. The average molecular weight is 253 g/mol. The highest BCUT2D eigenvalue weighted by Crippen LogP contribution is 2.16. The van der Waals surface area contributed by atoms with Crippen molar-refractivity contribution in [2.75, 3.05) is 7.11 Å². The second-order valence-corrected chi connectivity index (χ2v) is 3.11. The van der Waals surface area contributed by atoms with Gasteiger partial charge in [0.05, 0.1) is 7.11 Å². The van der Waals surface area contributed by atoms with E-state index in [9.17, 15) is 13.6 Å². The van der Waals surface area contributed by atoms with Gasteiger partial charge in [-0.2, -0.15) is 14.0 Å². The lowest BCUT2D eigenvalue weighted by Gasteiger charge is -2.04. The summed E-state index contributed by atoms with van der Waals surface area (Å²) in [5.74, 6) is -0.760. The van der Waals surface area contributed by atoms with Crippen LogP contribution in [0, 0.1) is 11.3 Å². The molecule has 0 saturated heterocycles. The average Bonchev–Trinajstić information content (AvgIpc) is 2.36. The second-order valence-electron chi connectivity index (χ2n) is 3.11. The Morgan fingerprint density at radius 3 is 2.44 bits per heavy atom. The molecule has 4 nitrogen and oxygen atoms in total. The van der Waals surface area contributed by atoms with Gasteiger partial charge in [-0.15, -0.1) is 0 Å². The van der Waals surface area contributed by atoms with E-state index < -0.39 is 12.6 Å². The Bertz CT molecular complexity index is 489. The van der Waals surface area contributed by atoms with Crippen molar-refractivity contribution in [2.24, 2.45) is 0 Å². The molecule has 0 atom stereocenters. The number of carbonyl (C=O) groups is 1. The zero-order chi connectivity index (χ0) is 13.5. The lowest BCUT2D eigenvalue weighted by Crippen LogP contribution is -2.03. The lowest BCUT2D eigenvalue weighted by atomic mass is 10.1. The van der Waals surface area contributed by atoms with Crippen LogP contribution in [0.5, 0.6) is 5.75 Å². The first kappa shape index (κ1) is 13.6. The summed E-state index contributed by atoms with van der Waals surface area (Å²) in [6.45, 7) is -2.89. The molecule has 0 aromatic heterocycles. The number of nitrogens with zero attached hydrogens (tertiary/aromatic N) is 1. The van der Waals surface area contributed by atoms with Crippen LogP contribution in [0.15, 0.2) is 29.8 Å². The molecular formula is C12H9F2NO3. The molecule has 0 bridgehead atoms. The van der Waals surface area contributed by atoms with E-state index in [1.165, 1.54) is 30.3 Å². The van der Waals surface area contributed by atoms with E-state index in [1.807, 2.05) is 0 Å². The number of rotatable bonds is 4. The van der Waals surface area contributed by atoms with Gasteiger partial charge in [0.2, 0.25) is 0 Å². The highest BCUT2D eigenvalue weighted by molar-refractivity contribution is 5.97. The Morgan fingerprint density at radius 1 is 1.39 bits per heavy atom. The van der Waals surface area contributed by atoms with Crippen LogP contribution in [0.3, 0.4) is 0 Å². The maximum absolute atomic E-state index is 11.9. The van der Waals surface area contributed by atoms with E-state index in [0.717, 1.165) is 7.11 Å². The normalized spacial score (nSPS) is 10.9. The molecule has 6 heteroatoms. The summed E-state index contributed by atoms with van der Waals surface area (Å²) in [6.07, 6.45) is 1.29. The largest absolute Gasteiger partial charge is 0.465 e. The molecule has 0 aliphatic heterocycles. The Labute approximate surface area is 102 Å². The smallest absolute Gasteiger partial charge is 0.387 e. The third-order valence-corrected chi connectivity index (χ3v) is 1.94. The van der Waals surface area contributed by atoms with Gasteiger partial charge in [0, 0.05) is 0 Å². The van der Waals surface area contributed by atoms with Crippen molar-refractivity contribution >= 4 is 12.0 Å². The van der Waals surface area contributed by atoms with E-state index in [4.69, 9.17) is 5.26 Å². The fourth-order valence-corrected chi connectivity index (χ4v) is 1.16. The van der Waals surface area contributed by atoms with Gasteiger partial charge in [0.25, 0.3) is 0 Å². The first-order valence-electron chi connectivity index (χ1n) is 4.82. The highest BCUT2D eigenvalue weighted by Gasteiger charge is 2.08. The number of methoxy groups -OCH3 is 1. The maximum atomic E-state index is 11.9. The minimum atomic E-state index is -2.89. The molecule has 0 spiro atoms. The van der Waals surface area contributed by atoms with Gasteiger partial charge in [0.1, 0.15) is 17.4 Å². The van der Waals surface area contributed by atoms with Gasteiger partial charge in [0.15, 0.2) is 0 Å². The SMILES string of the molecule is COC(=O)C(C#N)=Cc1ccc(OC(F)F)cc1. The summed E-state index contributed by atoms with van der Waals surface area (Å²) in [5.41, 5.74) is 0.318. The summed E-state index contributed by atoms with van der Waals surface area (Å²) in [6, 6.07) is 7.19. The topological polar surface area (TPSA) is 59.3 Å². The first-order chi connectivity index (χ1) is 8.56. The van der Waals surface area contributed by atoms with Crippen LogP contribution in [0.1, 0.15) is 5.56 Å². The van der Waals surface area contributed by atoms with Crippen LogP contribution in [0.25, 0.3) is 6.08 Å². The molecule has 0 saturated carbocycles. The van der Waals surface area contributed by atoms with Crippen LogP contribution < -0.4 is 4.74 Å². The summed E-state index contributed by atoms with van der Waals surface area (Å²) in [4.78, 5) is 11.1. The number of hydrogen-bond donors (Lipinski definition) is 0. The van der Waals surface area contributed by atoms with Crippen molar-refractivity contribution in [1.29, 1.82) is 5.26 Å². The molecule has 18 heavy (non-hydrogen) atoms. The third-order valence-electron chi connectivity index (χ3n) is 1.94. The van der Waals surface area contributed by atoms with Crippen LogP contribution in [0.4, 0.5) is 8.78 Å². The van der Waals surface area contributed by atoms with Crippen LogP contribution in [-0.2, 0) is 9.53 Å². The number of benzene rings is 1. The molecule has 0 radical (unpaired) electrons.